The van der Waals surface area contributed by atoms with Gasteiger partial charge < -0.3 is 11.1 Å². The van der Waals surface area contributed by atoms with Crippen LogP contribution in [0.25, 0.3) is 0 Å². The van der Waals surface area contributed by atoms with E-state index in [4.69, 9.17) is 5.73 Å². The normalized spacial score (nSPS) is 12.5. The van der Waals surface area contributed by atoms with E-state index in [1.807, 2.05) is 11.4 Å². The van der Waals surface area contributed by atoms with Gasteiger partial charge in [0.15, 0.2) is 0 Å². The molecule has 1 aromatic carbocycles. The van der Waals surface area contributed by atoms with E-state index in [0.29, 0.717) is 6.04 Å². The van der Waals surface area contributed by atoms with Crippen molar-refractivity contribution >= 4 is 17.0 Å². The first-order valence-electron chi connectivity index (χ1n) is 6.35. The van der Waals surface area contributed by atoms with Gasteiger partial charge in [-0.05, 0) is 36.8 Å². The van der Waals surface area contributed by atoms with E-state index >= 15 is 0 Å². The average Bonchev–Trinajstić information content (AvgIpc) is 2.81. The predicted octanol–water partition coefficient (Wildman–Crippen LogP) is 3.44. The highest BCUT2D eigenvalue weighted by molar-refractivity contribution is 7.10. The summed E-state index contributed by atoms with van der Waals surface area (Å²) in [5.74, 6) is 0. The van der Waals surface area contributed by atoms with Crippen LogP contribution in [0.2, 0.25) is 0 Å². The third-order valence-corrected chi connectivity index (χ3v) is 4.04. The Morgan fingerprint density at radius 1 is 1.22 bits per heavy atom. The van der Waals surface area contributed by atoms with Crippen molar-refractivity contribution in [3.05, 3.63) is 52.2 Å². The summed E-state index contributed by atoms with van der Waals surface area (Å²) in [5.41, 5.74) is 8.17. The maximum atomic E-state index is 5.86. The summed E-state index contributed by atoms with van der Waals surface area (Å²) >= 11 is 1.72. The standard InChI is InChI=1S/C15H20N2S/c1-12(7-8-13-5-3-2-4-6-13)17-11-15-14(16)9-10-18-15/h2-6,9-10,12,17H,7-8,11,16H2,1H3. The molecule has 0 fully saturated rings. The number of anilines is 1. The molecule has 0 saturated carbocycles. The maximum Gasteiger partial charge on any atom is 0.0468 e. The van der Waals surface area contributed by atoms with Gasteiger partial charge in [-0.2, -0.15) is 0 Å². The van der Waals surface area contributed by atoms with Gasteiger partial charge in [0.05, 0.1) is 0 Å². The summed E-state index contributed by atoms with van der Waals surface area (Å²) in [6, 6.07) is 13.1. The zero-order valence-electron chi connectivity index (χ0n) is 10.7. The lowest BCUT2D eigenvalue weighted by molar-refractivity contribution is 0.517. The molecule has 3 N–H and O–H groups in total. The Hall–Kier alpha value is -1.32. The van der Waals surface area contributed by atoms with Crippen LogP contribution in [0.1, 0.15) is 23.8 Å². The van der Waals surface area contributed by atoms with Gasteiger partial charge in [0.25, 0.3) is 0 Å². The van der Waals surface area contributed by atoms with E-state index in [1.54, 1.807) is 11.3 Å². The maximum absolute atomic E-state index is 5.86. The number of aryl methyl sites for hydroxylation is 1. The second-order valence-corrected chi connectivity index (χ2v) is 5.61. The van der Waals surface area contributed by atoms with E-state index in [1.165, 1.54) is 10.4 Å². The summed E-state index contributed by atoms with van der Waals surface area (Å²) in [7, 11) is 0. The van der Waals surface area contributed by atoms with Gasteiger partial charge in [0.2, 0.25) is 0 Å². The number of nitrogens with two attached hydrogens (primary N) is 1. The summed E-state index contributed by atoms with van der Waals surface area (Å²) in [5, 5.41) is 5.57. The highest BCUT2D eigenvalue weighted by Crippen LogP contribution is 2.18. The summed E-state index contributed by atoms with van der Waals surface area (Å²) in [6.45, 7) is 3.10. The highest BCUT2D eigenvalue weighted by Gasteiger charge is 2.05. The molecule has 0 bridgehead atoms. The molecule has 1 unspecified atom stereocenters. The van der Waals surface area contributed by atoms with E-state index in [0.717, 1.165) is 25.1 Å². The molecule has 0 aliphatic heterocycles. The van der Waals surface area contributed by atoms with Crippen LogP contribution in [0.3, 0.4) is 0 Å². The van der Waals surface area contributed by atoms with Gasteiger partial charge in [-0.1, -0.05) is 30.3 Å². The van der Waals surface area contributed by atoms with Crippen molar-refractivity contribution in [3.8, 4) is 0 Å². The zero-order valence-corrected chi connectivity index (χ0v) is 11.5. The van der Waals surface area contributed by atoms with Crippen LogP contribution in [-0.2, 0) is 13.0 Å². The third-order valence-electron chi connectivity index (χ3n) is 3.10. The topological polar surface area (TPSA) is 38.0 Å². The fourth-order valence-electron chi connectivity index (χ4n) is 1.89. The van der Waals surface area contributed by atoms with Crippen molar-refractivity contribution in [3.63, 3.8) is 0 Å². The quantitative estimate of drug-likeness (QED) is 0.835. The monoisotopic (exact) mass is 260 g/mol. The molecule has 96 valence electrons. The highest BCUT2D eigenvalue weighted by atomic mass is 32.1. The first-order valence-corrected chi connectivity index (χ1v) is 7.23. The van der Waals surface area contributed by atoms with Crippen LogP contribution >= 0.6 is 11.3 Å². The van der Waals surface area contributed by atoms with Gasteiger partial charge in [-0.15, -0.1) is 11.3 Å². The van der Waals surface area contributed by atoms with E-state index < -0.39 is 0 Å². The Labute approximate surface area is 113 Å². The Morgan fingerprint density at radius 2 is 2.00 bits per heavy atom. The minimum absolute atomic E-state index is 0.506. The van der Waals surface area contributed by atoms with Crippen LogP contribution in [0, 0.1) is 0 Å². The lowest BCUT2D eigenvalue weighted by atomic mass is 10.1. The molecule has 0 aliphatic rings. The molecular weight excluding hydrogens is 240 g/mol. The molecule has 0 saturated heterocycles. The van der Waals surface area contributed by atoms with Crippen LogP contribution < -0.4 is 11.1 Å². The van der Waals surface area contributed by atoms with Crippen molar-refractivity contribution in [1.82, 2.24) is 5.32 Å². The molecule has 0 aliphatic carbocycles. The smallest absolute Gasteiger partial charge is 0.0468 e. The molecule has 2 rings (SSSR count). The molecule has 0 radical (unpaired) electrons. The van der Waals surface area contributed by atoms with Crippen LogP contribution in [0.5, 0.6) is 0 Å². The van der Waals surface area contributed by atoms with E-state index in [9.17, 15) is 0 Å². The fourth-order valence-corrected chi connectivity index (χ4v) is 2.64. The van der Waals surface area contributed by atoms with E-state index in [-0.39, 0.29) is 0 Å². The van der Waals surface area contributed by atoms with Gasteiger partial charge in [-0.25, -0.2) is 0 Å². The van der Waals surface area contributed by atoms with E-state index in [2.05, 4.69) is 42.6 Å². The van der Waals surface area contributed by atoms with Gasteiger partial charge in [0.1, 0.15) is 0 Å². The molecule has 0 amide bonds. The second kappa shape index (κ2) is 6.57. The fraction of sp³-hybridized carbons (Fsp3) is 0.333. The first kappa shape index (κ1) is 13.1. The van der Waals surface area contributed by atoms with Crippen molar-refractivity contribution < 1.29 is 0 Å². The largest absolute Gasteiger partial charge is 0.398 e. The number of nitrogen functional groups attached to an aromatic ring is 1. The lowest BCUT2D eigenvalue weighted by Crippen LogP contribution is -2.25. The second-order valence-electron chi connectivity index (χ2n) is 4.61. The first-order chi connectivity index (χ1) is 8.75. The minimum Gasteiger partial charge on any atom is -0.398 e. The summed E-state index contributed by atoms with van der Waals surface area (Å²) in [6.07, 6.45) is 2.27. The molecule has 0 spiro atoms. The van der Waals surface area contributed by atoms with Crippen LogP contribution in [0.15, 0.2) is 41.8 Å². The Bertz CT molecular complexity index is 464. The molecule has 2 nitrogen and oxygen atoms in total. The third kappa shape index (κ3) is 3.86. The number of thiophene rings is 1. The molecule has 1 aromatic heterocycles. The lowest BCUT2D eigenvalue weighted by Gasteiger charge is -2.13. The van der Waals surface area contributed by atoms with Crippen molar-refractivity contribution in [1.29, 1.82) is 0 Å². The predicted molar refractivity (Wildman–Crippen MR) is 79.8 cm³/mol. The Morgan fingerprint density at radius 3 is 2.67 bits per heavy atom. The molecule has 3 heteroatoms. The number of nitrogens with one attached hydrogen (secondary N) is 1. The van der Waals surface area contributed by atoms with Gasteiger partial charge in [0, 0.05) is 23.2 Å². The molecule has 2 aromatic rings. The number of hydrogen-bond acceptors (Lipinski definition) is 3. The Balaban J connectivity index is 1.73. The van der Waals surface area contributed by atoms with Crippen molar-refractivity contribution in [2.45, 2.75) is 32.4 Å². The SMILES string of the molecule is CC(CCc1ccccc1)NCc1sccc1N. The van der Waals surface area contributed by atoms with Crippen LogP contribution in [0.4, 0.5) is 5.69 Å². The number of rotatable bonds is 6. The average molecular weight is 260 g/mol. The van der Waals surface area contributed by atoms with Gasteiger partial charge in [-0.3, -0.25) is 0 Å². The summed E-state index contributed by atoms with van der Waals surface area (Å²) in [4.78, 5) is 1.24. The number of hydrogen-bond donors (Lipinski definition) is 2. The summed E-state index contributed by atoms with van der Waals surface area (Å²) < 4.78 is 0. The van der Waals surface area contributed by atoms with Crippen molar-refractivity contribution in [2.24, 2.45) is 0 Å². The molecule has 1 heterocycles. The minimum atomic E-state index is 0.506. The van der Waals surface area contributed by atoms with Crippen molar-refractivity contribution in [2.75, 3.05) is 5.73 Å². The molecule has 18 heavy (non-hydrogen) atoms. The Kier molecular flexibility index (Phi) is 4.79. The molecule has 1 atom stereocenters. The van der Waals surface area contributed by atoms with Gasteiger partial charge >= 0.3 is 0 Å². The number of benzene rings is 1. The zero-order chi connectivity index (χ0) is 12.8. The van der Waals surface area contributed by atoms with Crippen LogP contribution in [-0.4, -0.2) is 6.04 Å². The molecular formula is C15H20N2S.